The Hall–Kier alpha value is -1.89. The molecule has 0 spiro atoms. The van der Waals surface area contributed by atoms with Crippen LogP contribution in [0.2, 0.25) is 0 Å². The van der Waals surface area contributed by atoms with E-state index >= 15 is 0 Å². The fourth-order valence-corrected chi connectivity index (χ4v) is 1.22. The molecule has 78 valence electrons. The third-order valence-corrected chi connectivity index (χ3v) is 2.08. The minimum atomic E-state index is 0.558. The van der Waals surface area contributed by atoms with Crippen molar-refractivity contribution >= 4 is 12.1 Å². The number of nitriles is 1. The van der Waals surface area contributed by atoms with Crippen LogP contribution in [0.25, 0.3) is 0 Å². The Morgan fingerprint density at radius 2 is 2.47 bits per heavy atom. The van der Waals surface area contributed by atoms with Gasteiger partial charge in [0.05, 0.1) is 11.6 Å². The van der Waals surface area contributed by atoms with Crippen LogP contribution in [-0.4, -0.2) is 24.9 Å². The number of aromatic nitrogens is 1. The van der Waals surface area contributed by atoms with E-state index in [0.717, 1.165) is 25.1 Å². The molecule has 0 aliphatic carbocycles. The van der Waals surface area contributed by atoms with E-state index in [1.807, 2.05) is 11.9 Å². The highest BCUT2D eigenvalue weighted by Gasteiger charge is 2.02. The standard InChI is InChI=1S/C11H13N3O/c1-14(6-2-3-7-15)11-8-10(9-12)4-5-13-11/h4-5,7-8H,2-3,6H2,1H3. The largest absolute Gasteiger partial charge is 0.360 e. The highest BCUT2D eigenvalue weighted by Crippen LogP contribution is 2.10. The van der Waals surface area contributed by atoms with Crippen LogP contribution < -0.4 is 4.90 Å². The molecule has 4 heteroatoms. The molecule has 0 fully saturated rings. The molecule has 1 heterocycles. The number of carbonyl (C=O) groups excluding carboxylic acids is 1. The first kappa shape index (κ1) is 11.2. The fourth-order valence-electron chi connectivity index (χ4n) is 1.22. The first-order valence-electron chi connectivity index (χ1n) is 4.79. The summed E-state index contributed by atoms with van der Waals surface area (Å²) in [5, 5.41) is 8.72. The van der Waals surface area contributed by atoms with Crippen molar-refractivity contribution in [1.82, 2.24) is 4.98 Å². The Kier molecular flexibility index (Phi) is 4.30. The summed E-state index contributed by atoms with van der Waals surface area (Å²) >= 11 is 0. The van der Waals surface area contributed by atoms with Crippen molar-refractivity contribution in [1.29, 1.82) is 5.26 Å². The van der Waals surface area contributed by atoms with Gasteiger partial charge in [-0.25, -0.2) is 4.98 Å². The molecule has 15 heavy (non-hydrogen) atoms. The van der Waals surface area contributed by atoms with Crippen molar-refractivity contribution in [3.63, 3.8) is 0 Å². The van der Waals surface area contributed by atoms with Crippen molar-refractivity contribution < 1.29 is 4.79 Å². The van der Waals surface area contributed by atoms with Crippen molar-refractivity contribution in [3.05, 3.63) is 23.9 Å². The fraction of sp³-hybridized carbons (Fsp3) is 0.364. The van der Waals surface area contributed by atoms with Gasteiger partial charge in [-0.1, -0.05) is 0 Å². The van der Waals surface area contributed by atoms with Gasteiger partial charge in [0.15, 0.2) is 0 Å². The zero-order valence-electron chi connectivity index (χ0n) is 8.68. The van der Waals surface area contributed by atoms with E-state index in [4.69, 9.17) is 5.26 Å². The summed E-state index contributed by atoms with van der Waals surface area (Å²) < 4.78 is 0. The predicted molar refractivity (Wildman–Crippen MR) is 57.5 cm³/mol. The molecule has 0 aromatic carbocycles. The first-order chi connectivity index (χ1) is 7.27. The van der Waals surface area contributed by atoms with Crippen LogP contribution in [0.5, 0.6) is 0 Å². The normalized spacial score (nSPS) is 9.33. The molecular formula is C11H13N3O. The summed E-state index contributed by atoms with van der Waals surface area (Å²) in [7, 11) is 1.90. The molecule has 0 saturated carbocycles. The number of nitrogens with zero attached hydrogens (tertiary/aromatic N) is 3. The maximum atomic E-state index is 10.1. The lowest BCUT2D eigenvalue weighted by Crippen LogP contribution is -2.19. The Morgan fingerprint density at radius 3 is 3.13 bits per heavy atom. The Labute approximate surface area is 89.2 Å². The van der Waals surface area contributed by atoms with E-state index < -0.39 is 0 Å². The van der Waals surface area contributed by atoms with Crippen LogP contribution in [0.4, 0.5) is 5.82 Å². The average molecular weight is 203 g/mol. The minimum absolute atomic E-state index is 0.558. The molecule has 0 bridgehead atoms. The van der Waals surface area contributed by atoms with Gasteiger partial charge >= 0.3 is 0 Å². The van der Waals surface area contributed by atoms with Gasteiger partial charge in [0.25, 0.3) is 0 Å². The molecule has 0 N–H and O–H groups in total. The van der Waals surface area contributed by atoms with Crippen LogP contribution in [0, 0.1) is 11.3 Å². The molecule has 0 aliphatic heterocycles. The lowest BCUT2D eigenvalue weighted by molar-refractivity contribution is -0.107. The molecule has 0 atom stereocenters. The van der Waals surface area contributed by atoms with Gasteiger partial charge in [0.1, 0.15) is 12.1 Å². The monoisotopic (exact) mass is 203 g/mol. The number of pyridine rings is 1. The van der Waals surface area contributed by atoms with E-state index in [0.29, 0.717) is 12.0 Å². The Bertz CT molecular complexity index is 370. The van der Waals surface area contributed by atoms with Gasteiger partial charge in [-0.15, -0.1) is 0 Å². The van der Waals surface area contributed by atoms with E-state index in [-0.39, 0.29) is 0 Å². The van der Waals surface area contributed by atoms with Gasteiger partial charge in [0.2, 0.25) is 0 Å². The van der Waals surface area contributed by atoms with Crippen molar-refractivity contribution in [2.24, 2.45) is 0 Å². The number of hydrogen-bond donors (Lipinski definition) is 0. The van der Waals surface area contributed by atoms with Crippen LogP contribution >= 0.6 is 0 Å². The van der Waals surface area contributed by atoms with Crippen molar-refractivity contribution in [2.75, 3.05) is 18.5 Å². The number of carbonyl (C=O) groups is 1. The molecule has 1 aromatic heterocycles. The summed E-state index contributed by atoms with van der Waals surface area (Å²) in [4.78, 5) is 16.2. The lowest BCUT2D eigenvalue weighted by atomic mass is 10.2. The smallest absolute Gasteiger partial charge is 0.129 e. The number of anilines is 1. The average Bonchev–Trinajstić information content (AvgIpc) is 2.29. The van der Waals surface area contributed by atoms with Crippen LogP contribution in [0.15, 0.2) is 18.3 Å². The third kappa shape index (κ3) is 3.39. The van der Waals surface area contributed by atoms with Crippen LogP contribution in [0.1, 0.15) is 18.4 Å². The molecular weight excluding hydrogens is 190 g/mol. The number of hydrogen-bond acceptors (Lipinski definition) is 4. The zero-order valence-corrected chi connectivity index (χ0v) is 8.68. The zero-order chi connectivity index (χ0) is 11.1. The molecule has 0 aliphatic rings. The summed E-state index contributed by atoms with van der Waals surface area (Å²) in [6.07, 6.45) is 3.89. The molecule has 0 unspecified atom stereocenters. The Balaban J connectivity index is 2.61. The van der Waals surface area contributed by atoms with Gasteiger partial charge in [-0.3, -0.25) is 0 Å². The first-order valence-corrected chi connectivity index (χ1v) is 4.79. The molecule has 0 saturated heterocycles. The van der Waals surface area contributed by atoms with Crippen molar-refractivity contribution in [3.8, 4) is 6.07 Å². The SMILES string of the molecule is CN(CCCC=O)c1cc(C#N)ccn1. The number of rotatable bonds is 5. The predicted octanol–water partition coefficient (Wildman–Crippen LogP) is 1.37. The van der Waals surface area contributed by atoms with E-state index in [1.54, 1.807) is 18.3 Å². The second-order valence-electron chi connectivity index (χ2n) is 3.24. The molecule has 0 amide bonds. The number of aldehydes is 1. The summed E-state index contributed by atoms with van der Waals surface area (Å²) in [6.45, 7) is 0.765. The van der Waals surface area contributed by atoms with E-state index in [9.17, 15) is 4.79 Å². The van der Waals surface area contributed by atoms with Gasteiger partial charge in [0, 0.05) is 26.2 Å². The van der Waals surface area contributed by atoms with Gasteiger partial charge < -0.3 is 9.69 Å². The molecule has 1 rings (SSSR count). The minimum Gasteiger partial charge on any atom is -0.360 e. The highest BCUT2D eigenvalue weighted by atomic mass is 16.1. The van der Waals surface area contributed by atoms with Crippen LogP contribution in [0.3, 0.4) is 0 Å². The van der Waals surface area contributed by atoms with Gasteiger partial charge in [-0.2, -0.15) is 5.26 Å². The molecule has 0 radical (unpaired) electrons. The topological polar surface area (TPSA) is 57.0 Å². The molecule has 4 nitrogen and oxygen atoms in total. The van der Waals surface area contributed by atoms with E-state index in [2.05, 4.69) is 11.1 Å². The summed E-state index contributed by atoms with van der Waals surface area (Å²) in [5.74, 6) is 0.764. The maximum Gasteiger partial charge on any atom is 0.129 e. The highest BCUT2D eigenvalue weighted by molar-refractivity contribution is 5.49. The molecule has 1 aromatic rings. The van der Waals surface area contributed by atoms with Crippen molar-refractivity contribution in [2.45, 2.75) is 12.8 Å². The lowest BCUT2D eigenvalue weighted by Gasteiger charge is -2.17. The Morgan fingerprint density at radius 1 is 1.67 bits per heavy atom. The quantitative estimate of drug-likeness (QED) is 0.535. The third-order valence-electron chi connectivity index (χ3n) is 2.08. The summed E-state index contributed by atoms with van der Waals surface area (Å²) in [5.41, 5.74) is 0.599. The van der Waals surface area contributed by atoms with E-state index in [1.165, 1.54) is 0 Å². The summed E-state index contributed by atoms with van der Waals surface area (Å²) in [6, 6.07) is 5.47. The van der Waals surface area contributed by atoms with Crippen LogP contribution in [-0.2, 0) is 4.79 Å². The second kappa shape index (κ2) is 5.76. The van der Waals surface area contributed by atoms with Gasteiger partial charge in [-0.05, 0) is 18.6 Å². The second-order valence-corrected chi connectivity index (χ2v) is 3.24. The maximum absolute atomic E-state index is 10.1. The number of unbranched alkanes of at least 4 members (excludes halogenated alkanes) is 1.